The number of halogens is 2. The van der Waals surface area contributed by atoms with Gasteiger partial charge in [-0.05, 0) is 12.8 Å². The van der Waals surface area contributed by atoms with Crippen LogP contribution in [0, 0.1) is 0 Å². The Hall–Kier alpha value is -0.510. The van der Waals surface area contributed by atoms with E-state index in [9.17, 15) is 0 Å². The minimum absolute atomic E-state index is 0.0550. The van der Waals surface area contributed by atoms with E-state index in [4.69, 9.17) is 33.7 Å². The minimum atomic E-state index is 0.0550. The number of aromatic nitrogens is 1. The van der Waals surface area contributed by atoms with Gasteiger partial charge in [-0.25, -0.2) is 4.98 Å². The van der Waals surface area contributed by atoms with E-state index in [2.05, 4.69) is 4.98 Å². The maximum atomic E-state index is 5.98. The van der Waals surface area contributed by atoms with Crippen molar-refractivity contribution in [3.63, 3.8) is 0 Å². The van der Waals surface area contributed by atoms with Gasteiger partial charge in [0.2, 0.25) is 0 Å². The Morgan fingerprint density at radius 2 is 2.20 bits per heavy atom. The van der Waals surface area contributed by atoms with E-state index in [1.807, 2.05) is 6.92 Å². The van der Waals surface area contributed by atoms with Crippen LogP contribution in [0.3, 0.4) is 0 Å². The average Bonchev–Trinajstić information content (AvgIpc) is 2.21. The van der Waals surface area contributed by atoms with Crippen LogP contribution in [-0.4, -0.2) is 18.1 Å². The van der Waals surface area contributed by atoms with Gasteiger partial charge < -0.3 is 10.5 Å². The molecule has 0 fully saturated rings. The lowest BCUT2D eigenvalue weighted by atomic mass is 10.1. The Labute approximate surface area is 99.5 Å². The molecule has 0 spiro atoms. The molecule has 1 aromatic rings. The van der Waals surface area contributed by atoms with E-state index in [0.717, 1.165) is 12.0 Å². The highest BCUT2D eigenvalue weighted by Gasteiger charge is 2.13. The van der Waals surface area contributed by atoms with E-state index in [-0.39, 0.29) is 6.04 Å². The fourth-order valence-corrected chi connectivity index (χ4v) is 1.75. The fraction of sp³-hybridized carbons (Fsp3) is 0.500. The lowest BCUT2D eigenvalue weighted by Gasteiger charge is -2.13. The van der Waals surface area contributed by atoms with Crippen LogP contribution < -0.4 is 10.5 Å². The molecule has 0 aliphatic rings. The van der Waals surface area contributed by atoms with E-state index in [1.54, 1.807) is 13.2 Å². The maximum absolute atomic E-state index is 5.98. The maximum Gasteiger partial charge on any atom is 0.137 e. The van der Waals surface area contributed by atoms with Gasteiger partial charge in [0.1, 0.15) is 16.1 Å². The molecule has 0 radical (unpaired) electrons. The van der Waals surface area contributed by atoms with Crippen LogP contribution in [0.2, 0.25) is 10.3 Å². The van der Waals surface area contributed by atoms with Crippen molar-refractivity contribution in [2.75, 3.05) is 7.11 Å². The Balaban J connectivity index is 3.04. The molecule has 0 aromatic carbocycles. The monoisotopic (exact) mass is 248 g/mol. The van der Waals surface area contributed by atoms with Crippen molar-refractivity contribution in [3.05, 3.63) is 21.9 Å². The van der Waals surface area contributed by atoms with Gasteiger partial charge in [0, 0.05) is 17.7 Å². The topological polar surface area (TPSA) is 48.1 Å². The predicted molar refractivity (Wildman–Crippen MR) is 62.8 cm³/mol. The number of hydrogen-bond acceptors (Lipinski definition) is 3. The SMILES string of the molecule is CCC(N)Cc1c(OC)cc(Cl)nc1Cl. The lowest BCUT2D eigenvalue weighted by molar-refractivity contribution is 0.407. The molecule has 0 saturated heterocycles. The molecule has 0 aliphatic carbocycles. The van der Waals surface area contributed by atoms with Gasteiger partial charge in [0.25, 0.3) is 0 Å². The molecule has 1 aromatic heterocycles. The number of hydrogen-bond donors (Lipinski definition) is 1. The second-order valence-corrected chi connectivity index (χ2v) is 4.03. The van der Waals surface area contributed by atoms with Crippen LogP contribution >= 0.6 is 23.2 Å². The summed E-state index contributed by atoms with van der Waals surface area (Å²) in [7, 11) is 1.57. The Kier molecular flexibility index (Phi) is 4.64. The second kappa shape index (κ2) is 5.54. The first-order chi connectivity index (χ1) is 7.08. The highest BCUT2D eigenvalue weighted by molar-refractivity contribution is 6.33. The molecule has 0 amide bonds. The third-order valence-electron chi connectivity index (χ3n) is 2.21. The van der Waals surface area contributed by atoms with Crippen molar-refractivity contribution >= 4 is 23.2 Å². The number of ether oxygens (including phenoxy) is 1. The molecule has 2 N–H and O–H groups in total. The van der Waals surface area contributed by atoms with Crippen molar-refractivity contribution < 1.29 is 4.74 Å². The second-order valence-electron chi connectivity index (χ2n) is 3.29. The average molecular weight is 249 g/mol. The van der Waals surface area contributed by atoms with Crippen molar-refractivity contribution in [2.45, 2.75) is 25.8 Å². The number of rotatable bonds is 4. The molecule has 0 bridgehead atoms. The standard InChI is InChI=1S/C10H14Cl2N2O/c1-3-6(13)4-7-8(15-2)5-9(11)14-10(7)12/h5-6H,3-4,13H2,1-2H3. The highest BCUT2D eigenvalue weighted by Crippen LogP contribution is 2.29. The third kappa shape index (κ3) is 3.23. The van der Waals surface area contributed by atoms with Crippen molar-refractivity contribution in [3.8, 4) is 5.75 Å². The van der Waals surface area contributed by atoms with Crippen molar-refractivity contribution in [1.82, 2.24) is 4.98 Å². The summed E-state index contributed by atoms with van der Waals surface area (Å²) in [5.41, 5.74) is 6.68. The summed E-state index contributed by atoms with van der Waals surface area (Å²) in [5.74, 6) is 0.643. The molecular weight excluding hydrogens is 235 g/mol. The van der Waals surface area contributed by atoms with Gasteiger partial charge in [-0.3, -0.25) is 0 Å². The van der Waals surface area contributed by atoms with Crippen LogP contribution in [0.4, 0.5) is 0 Å². The first-order valence-corrected chi connectivity index (χ1v) is 5.48. The summed E-state index contributed by atoms with van der Waals surface area (Å²) < 4.78 is 5.19. The number of nitrogens with two attached hydrogens (primary N) is 1. The molecule has 15 heavy (non-hydrogen) atoms. The Bertz CT molecular complexity index is 344. The number of nitrogens with zero attached hydrogens (tertiary/aromatic N) is 1. The summed E-state index contributed by atoms with van der Waals surface area (Å²) >= 11 is 11.7. The minimum Gasteiger partial charge on any atom is -0.496 e. The molecule has 0 saturated carbocycles. The van der Waals surface area contributed by atoms with E-state index < -0.39 is 0 Å². The molecule has 1 rings (SSSR count). The largest absolute Gasteiger partial charge is 0.496 e. The Morgan fingerprint density at radius 3 is 2.73 bits per heavy atom. The van der Waals surface area contributed by atoms with Gasteiger partial charge in [-0.15, -0.1) is 0 Å². The molecule has 1 atom stereocenters. The molecule has 0 aliphatic heterocycles. The van der Waals surface area contributed by atoms with Crippen LogP contribution in [0.5, 0.6) is 5.75 Å². The van der Waals surface area contributed by atoms with Crippen molar-refractivity contribution in [2.24, 2.45) is 5.73 Å². The molecule has 1 heterocycles. The van der Waals surface area contributed by atoms with E-state index in [1.165, 1.54) is 0 Å². The first kappa shape index (κ1) is 12.6. The molecule has 5 heteroatoms. The summed E-state index contributed by atoms with van der Waals surface area (Å²) in [5, 5.41) is 0.689. The van der Waals surface area contributed by atoms with Gasteiger partial charge in [0.15, 0.2) is 0 Å². The normalized spacial score (nSPS) is 12.6. The zero-order chi connectivity index (χ0) is 11.4. The molecule has 3 nitrogen and oxygen atoms in total. The zero-order valence-corrected chi connectivity index (χ0v) is 10.3. The fourth-order valence-electron chi connectivity index (χ4n) is 1.26. The van der Waals surface area contributed by atoms with Gasteiger partial charge >= 0.3 is 0 Å². The highest BCUT2D eigenvalue weighted by atomic mass is 35.5. The molecule has 84 valence electrons. The number of methoxy groups -OCH3 is 1. The van der Waals surface area contributed by atoms with Crippen LogP contribution in [-0.2, 0) is 6.42 Å². The smallest absolute Gasteiger partial charge is 0.137 e. The predicted octanol–water partition coefficient (Wildman–Crippen LogP) is 2.68. The van der Waals surface area contributed by atoms with Crippen LogP contribution in [0.15, 0.2) is 6.07 Å². The molecule has 1 unspecified atom stereocenters. The van der Waals surface area contributed by atoms with Gasteiger partial charge in [-0.1, -0.05) is 30.1 Å². The summed E-state index contributed by atoms with van der Waals surface area (Å²) in [6.07, 6.45) is 1.52. The van der Waals surface area contributed by atoms with Gasteiger partial charge in [0.05, 0.1) is 7.11 Å². The van der Waals surface area contributed by atoms with E-state index >= 15 is 0 Å². The summed E-state index contributed by atoms with van der Waals surface area (Å²) in [6.45, 7) is 2.02. The summed E-state index contributed by atoms with van der Waals surface area (Å²) in [4.78, 5) is 3.96. The van der Waals surface area contributed by atoms with E-state index in [0.29, 0.717) is 22.5 Å². The quantitative estimate of drug-likeness (QED) is 0.834. The van der Waals surface area contributed by atoms with Crippen LogP contribution in [0.1, 0.15) is 18.9 Å². The third-order valence-corrected chi connectivity index (χ3v) is 2.72. The molecular formula is C10H14Cl2N2O. The number of pyridine rings is 1. The van der Waals surface area contributed by atoms with Crippen molar-refractivity contribution in [1.29, 1.82) is 0 Å². The summed E-state index contributed by atoms with van der Waals surface area (Å²) in [6, 6.07) is 1.70. The first-order valence-electron chi connectivity index (χ1n) is 4.73. The lowest BCUT2D eigenvalue weighted by Crippen LogP contribution is -2.22. The zero-order valence-electron chi connectivity index (χ0n) is 8.76. The van der Waals surface area contributed by atoms with Crippen LogP contribution in [0.25, 0.3) is 0 Å². The Morgan fingerprint density at radius 1 is 1.53 bits per heavy atom. The van der Waals surface area contributed by atoms with Gasteiger partial charge in [-0.2, -0.15) is 0 Å².